The SMILES string of the molecule is O[C@H]1C[C@H]2C[C@@H]3CC[C@](O)(C2)[C@@H]31. The lowest BCUT2D eigenvalue weighted by molar-refractivity contribution is -0.145. The average molecular weight is 168 g/mol. The summed E-state index contributed by atoms with van der Waals surface area (Å²) in [5, 5.41) is 20.0. The fraction of sp³-hybridized carbons (Fsp3) is 1.00. The Morgan fingerprint density at radius 1 is 1.25 bits per heavy atom. The second-order valence-corrected chi connectivity index (χ2v) is 5.04. The van der Waals surface area contributed by atoms with E-state index in [4.69, 9.17) is 0 Å². The van der Waals surface area contributed by atoms with Crippen LogP contribution < -0.4 is 0 Å². The average Bonchev–Trinajstić information content (AvgIpc) is 2.22. The Balaban J connectivity index is 2.01. The molecular weight excluding hydrogens is 152 g/mol. The van der Waals surface area contributed by atoms with Crippen LogP contribution in [0.2, 0.25) is 0 Å². The topological polar surface area (TPSA) is 40.5 Å². The standard InChI is InChI=1S/C10H16O2/c11-8-4-6-3-7-1-2-10(12,5-6)9(7)8/h6-9,11-12H,1-5H2/t6-,7+,8+,9+,10+/m1/s1. The third-order valence-corrected chi connectivity index (χ3v) is 4.34. The van der Waals surface area contributed by atoms with E-state index in [2.05, 4.69) is 0 Å². The molecular formula is C10H16O2. The van der Waals surface area contributed by atoms with Gasteiger partial charge in [0, 0.05) is 5.92 Å². The predicted molar refractivity (Wildman–Crippen MR) is 44.5 cm³/mol. The third kappa shape index (κ3) is 0.728. The lowest BCUT2D eigenvalue weighted by Crippen LogP contribution is -2.53. The second-order valence-electron chi connectivity index (χ2n) is 5.04. The highest BCUT2D eigenvalue weighted by Crippen LogP contribution is 2.58. The van der Waals surface area contributed by atoms with Gasteiger partial charge in [0.1, 0.15) is 0 Å². The van der Waals surface area contributed by atoms with Gasteiger partial charge in [0.2, 0.25) is 0 Å². The summed E-state index contributed by atoms with van der Waals surface area (Å²) in [5.74, 6) is 1.47. The minimum absolute atomic E-state index is 0.199. The van der Waals surface area contributed by atoms with Crippen LogP contribution in [0.15, 0.2) is 0 Å². The number of hydrogen-bond acceptors (Lipinski definition) is 2. The predicted octanol–water partition coefficient (Wildman–Crippen LogP) is 0.918. The molecule has 0 aromatic carbocycles. The van der Waals surface area contributed by atoms with E-state index < -0.39 is 5.60 Å². The molecule has 4 saturated carbocycles. The Morgan fingerprint density at radius 2 is 2.08 bits per heavy atom. The molecule has 2 nitrogen and oxygen atoms in total. The van der Waals surface area contributed by atoms with Crippen LogP contribution in [-0.4, -0.2) is 21.9 Å². The van der Waals surface area contributed by atoms with E-state index in [1.165, 1.54) is 6.42 Å². The van der Waals surface area contributed by atoms with Gasteiger partial charge in [-0.15, -0.1) is 0 Å². The summed E-state index contributed by atoms with van der Waals surface area (Å²) in [5.41, 5.74) is -0.467. The monoisotopic (exact) mass is 168 g/mol. The van der Waals surface area contributed by atoms with Gasteiger partial charge in [0.05, 0.1) is 11.7 Å². The maximum absolute atomic E-state index is 10.2. The van der Waals surface area contributed by atoms with Crippen molar-refractivity contribution in [3.05, 3.63) is 0 Å². The molecule has 0 spiro atoms. The maximum Gasteiger partial charge on any atom is 0.0705 e. The molecule has 4 aliphatic rings. The molecule has 0 aliphatic heterocycles. The molecule has 0 amide bonds. The Labute approximate surface area is 72.6 Å². The Morgan fingerprint density at radius 3 is 2.67 bits per heavy atom. The van der Waals surface area contributed by atoms with Gasteiger partial charge in [-0.1, -0.05) is 0 Å². The van der Waals surface area contributed by atoms with E-state index in [9.17, 15) is 10.2 Å². The highest BCUT2D eigenvalue weighted by Gasteiger charge is 2.58. The molecule has 0 aromatic heterocycles. The number of aliphatic hydroxyl groups excluding tert-OH is 1. The van der Waals surface area contributed by atoms with Crippen molar-refractivity contribution in [1.82, 2.24) is 0 Å². The zero-order valence-electron chi connectivity index (χ0n) is 7.24. The van der Waals surface area contributed by atoms with Crippen molar-refractivity contribution in [2.75, 3.05) is 0 Å². The highest BCUT2D eigenvalue weighted by atomic mass is 16.3. The largest absolute Gasteiger partial charge is 0.393 e. The van der Waals surface area contributed by atoms with Crippen molar-refractivity contribution < 1.29 is 10.2 Å². The summed E-state index contributed by atoms with van der Waals surface area (Å²) in [6.45, 7) is 0. The van der Waals surface area contributed by atoms with Crippen LogP contribution >= 0.6 is 0 Å². The Hall–Kier alpha value is -0.0800. The summed E-state index contributed by atoms with van der Waals surface area (Å²) >= 11 is 0. The molecule has 4 bridgehead atoms. The van der Waals surface area contributed by atoms with Crippen molar-refractivity contribution in [3.8, 4) is 0 Å². The van der Waals surface area contributed by atoms with Gasteiger partial charge < -0.3 is 10.2 Å². The first-order valence-corrected chi connectivity index (χ1v) is 5.09. The number of fused-ring (bicyclic) bond motifs is 1. The van der Waals surface area contributed by atoms with Crippen LogP contribution in [0.4, 0.5) is 0 Å². The van der Waals surface area contributed by atoms with E-state index in [0.29, 0.717) is 11.8 Å². The summed E-state index contributed by atoms with van der Waals surface area (Å²) in [6, 6.07) is 0. The Bertz CT molecular complexity index is 216. The molecule has 0 saturated heterocycles. The molecule has 4 rings (SSSR count). The van der Waals surface area contributed by atoms with E-state index in [0.717, 1.165) is 25.7 Å². The molecule has 12 heavy (non-hydrogen) atoms. The molecule has 0 aromatic rings. The van der Waals surface area contributed by atoms with E-state index >= 15 is 0 Å². The fourth-order valence-electron chi connectivity index (χ4n) is 4.07. The number of rotatable bonds is 0. The first-order chi connectivity index (χ1) is 5.69. The minimum atomic E-state index is -0.467. The van der Waals surface area contributed by atoms with Crippen molar-refractivity contribution in [2.45, 2.75) is 43.8 Å². The number of hydrogen-bond donors (Lipinski definition) is 2. The minimum Gasteiger partial charge on any atom is -0.393 e. The van der Waals surface area contributed by atoms with Gasteiger partial charge in [-0.3, -0.25) is 0 Å². The van der Waals surface area contributed by atoms with Crippen LogP contribution in [-0.2, 0) is 0 Å². The second kappa shape index (κ2) is 2.05. The van der Waals surface area contributed by atoms with E-state index in [-0.39, 0.29) is 12.0 Å². The molecule has 5 atom stereocenters. The Kier molecular flexibility index (Phi) is 1.25. The fourth-order valence-corrected chi connectivity index (χ4v) is 4.07. The lowest BCUT2D eigenvalue weighted by Gasteiger charge is -2.49. The van der Waals surface area contributed by atoms with Crippen molar-refractivity contribution >= 4 is 0 Å². The maximum atomic E-state index is 10.2. The summed E-state index contributed by atoms with van der Waals surface area (Å²) in [7, 11) is 0. The van der Waals surface area contributed by atoms with Gasteiger partial charge in [-0.05, 0) is 43.9 Å². The van der Waals surface area contributed by atoms with Gasteiger partial charge in [0.15, 0.2) is 0 Å². The van der Waals surface area contributed by atoms with Crippen LogP contribution in [0, 0.1) is 17.8 Å². The van der Waals surface area contributed by atoms with E-state index in [1.807, 2.05) is 0 Å². The first-order valence-electron chi connectivity index (χ1n) is 5.09. The molecule has 68 valence electrons. The summed E-state index contributed by atoms with van der Waals surface area (Å²) in [4.78, 5) is 0. The van der Waals surface area contributed by atoms with Crippen LogP contribution in [0.25, 0.3) is 0 Å². The molecule has 4 fully saturated rings. The van der Waals surface area contributed by atoms with Gasteiger partial charge >= 0.3 is 0 Å². The van der Waals surface area contributed by atoms with E-state index in [1.54, 1.807) is 0 Å². The zero-order chi connectivity index (χ0) is 8.34. The zero-order valence-corrected chi connectivity index (χ0v) is 7.24. The van der Waals surface area contributed by atoms with Crippen LogP contribution in [0.1, 0.15) is 32.1 Å². The molecule has 0 radical (unpaired) electrons. The summed E-state index contributed by atoms with van der Waals surface area (Å²) in [6.07, 6.45) is 5.07. The van der Waals surface area contributed by atoms with Crippen molar-refractivity contribution in [3.63, 3.8) is 0 Å². The quantitative estimate of drug-likeness (QED) is 0.564. The van der Waals surface area contributed by atoms with Crippen LogP contribution in [0.3, 0.4) is 0 Å². The van der Waals surface area contributed by atoms with Gasteiger partial charge in [-0.25, -0.2) is 0 Å². The van der Waals surface area contributed by atoms with Crippen molar-refractivity contribution in [2.24, 2.45) is 17.8 Å². The van der Waals surface area contributed by atoms with Gasteiger partial charge in [-0.2, -0.15) is 0 Å². The normalized spacial score (nSPS) is 62.5. The van der Waals surface area contributed by atoms with Crippen LogP contribution in [0.5, 0.6) is 0 Å². The lowest BCUT2D eigenvalue weighted by atomic mass is 9.60. The summed E-state index contributed by atoms with van der Waals surface area (Å²) < 4.78 is 0. The molecule has 0 unspecified atom stereocenters. The molecule has 2 heteroatoms. The number of aliphatic hydroxyl groups is 2. The first kappa shape index (κ1) is 7.34. The third-order valence-electron chi connectivity index (χ3n) is 4.34. The smallest absolute Gasteiger partial charge is 0.0705 e. The van der Waals surface area contributed by atoms with Crippen molar-refractivity contribution in [1.29, 1.82) is 0 Å². The molecule has 0 heterocycles. The van der Waals surface area contributed by atoms with Gasteiger partial charge in [0.25, 0.3) is 0 Å². The molecule has 2 N–H and O–H groups in total. The molecule has 4 aliphatic carbocycles. The highest BCUT2D eigenvalue weighted by molar-refractivity contribution is 5.09.